The largest absolute Gasteiger partial charge is 0.416 e. The lowest BCUT2D eigenvalue weighted by atomic mass is 10.0. The number of nitrogens with one attached hydrogen (secondary N) is 1. The lowest BCUT2D eigenvalue weighted by molar-refractivity contribution is -0.137. The van der Waals surface area contributed by atoms with Crippen molar-refractivity contribution in [2.24, 2.45) is 0 Å². The molecule has 3 nitrogen and oxygen atoms in total. The van der Waals surface area contributed by atoms with Crippen LogP contribution in [0.2, 0.25) is 5.02 Å². The maximum absolute atomic E-state index is 12.7. The highest BCUT2D eigenvalue weighted by atomic mass is 35.5. The smallest absolute Gasteiger partial charge is 0.387 e. The molecule has 1 unspecified atom stereocenters. The maximum atomic E-state index is 12.7. The van der Waals surface area contributed by atoms with Crippen LogP contribution in [0.5, 0.6) is 0 Å². The zero-order valence-electron chi connectivity index (χ0n) is 14.4. The lowest BCUT2D eigenvalue weighted by Gasteiger charge is -2.29. The molecule has 2 aromatic carbocycles. The number of aliphatic hydroxyl groups is 1. The number of H-pyrrole nitrogens is 1. The van der Waals surface area contributed by atoms with Gasteiger partial charge in [0.2, 0.25) is 0 Å². The molecule has 0 amide bonds. The Morgan fingerprint density at radius 2 is 1.89 bits per heavy atom. The van der Waals surface area contributed by atoms with E-state index >= 15 is 0 Å². The highest BCUT2D eigenvalue weighted by molar-refractivity contribution is 6.31. The zero-order valence-corrected chi connectivity index (χ0v) is 15.1. The standard InChI is InChI=1S/C20H18ClF3N2O/c21-14-5-6-17-16(9-14)15-7-8-26(10-18(15)25-17)11-19(27)12-1-3-13(4-2-12)20(22,23)24/h1-6,9,19,25,27H,7-8,10-11H2. The second kappa shape index (κ2) is 6.86. The van der Waals surface area contributed by atoms with Crippen molar-refractivity contribution in [3.05, 3.63) is 69.9 Å². The molecule has 4 rings (SSSR count). The molecule has 0 spiro atoms. The minimum atomic E-state index is -4.37. The van der Waals surface area contributed by atoms with Gasteiger partial charge in [-0.1, -0.05) is 23.7 Å². The van der Waals surface area contributed by atoms with Gasteiger partial charge in [0.15, 0.2) is 0 Å². The van der Waals surface area contributed by atoms with Crippen molar-refractivity contribution in [2.75, 3.05) is 13.1 Å². The van der Waals surface area contributed by atoms with Crippen LogP contribution in [0.1, 0.15) is 28.5 Å². The topological polar surface area (TPSA) is 39.3 Å². The Morgan fingerprint density at radius 3 is 2.59 bits per heavy atom. The molecular weight excluding hydrogens is 377 g/mol. The summed E-state index contributed by atoms with van der Waals surface area (Å²) in [7, 11) is 0. The van der Waals surface area contributed by atoms with Crippen LogP contribution in [0.25, 0.3) is 10.9 Å². The number of aliphatic hydroxyl groups excluding tert-OH is 1. The molecule has 0 saturated heterocycles. The molecule has 2 heterocycles. The molecule has 1 aromatic heterocycles. The normalized spacial score (nSPS) is 16.5. The molecule has 7 heteroatoms. The predicted octanol–water partition coefficient (Wildman–Crippen LogP) is 4.93. The number of aromatic nitrogens is 1. The van der Waals surface area contributed by atoms with Gasteiger partial charge in [0.25, 0.3) is 0 Å². The highest BCUT2D eigenvalue weighted by Gasteiger charge is 2.30. The monoisotopic (exact) mass is 394 g/mol. The van der Waals surface area contributed by atoms with Gasteiger partial charge in [-0.15, -0.1) is 0 Å². The molecule has 1 aliphatic rings. The van der Waals surface area contributed by atoms with Gasteiger partial charge >= 0.3 is 6.18 Å². The van der Waals surface area contributed by atoms with Crippen LogP contribution in [0.3, 0.4) is 0 Å². The second-order valence-corrected chi connectivity index (χ2v) is 7.33. The Bertz CT molecular complexity index is 966. The number of hydrogen-bond acceptors (Lipinski definition) is 2. The first-order valence-electron chi connectivity index (χ1n) is 8.68. The predicted molar refractivity (Wildman–Crippen MR) is 98.7 cm³/mol. The molecule has 0 saturated carbocycles. The summed E-state index contributed by atoms with van der Waals surface area (Å²) in [6.45, 7) is 1.78. The van der Waals surface area contributed by atoms with Gasteiger partial charge in [-0.05, 0) is 47.9 Å². The van der Waals surface area contributed by atoms with Crippen LogP contribution in [0.4, 0.5) is 13.2 Å². The van der Waals surface area contributed by atoms with Gasteiger partial charge in [-0.2, -0.15) is 13.2 Å². The van der Waals surface area contributed by atoms with Crippen LogP contribution in [0.15, 0.2) is 42.5 Å². The van der Waals surface area contributed by atoms with Gasteiger partial charge in [0.1, 0.15) is 0 Å². The number of halogens is 4. The summed E-state index contributed by atoms with van der Waals surface area (Å²) in [6.07, 6.45) is -4.38. The van der Waals surface area contributed by atoms with Crippen molar-refractivity contribution in [1.82, 2.24) is 9.88 Å². The van der Waals surface area contributed by atoms with E-state index in [1.165, 1.54) is 17.7 Å². The third-order valence-corrected chi connectivity index (χ3v) is 5.31. The fourth-order valence-corrected chi connectivity index (χ4v) is 3.84. The minimum Gasteiger partial charge on any atom is -0.387 e. The Kier molecular flexibility index (Phi) is 4.66. The fourth-order valence-electron chi connectivity index (χ4n) is 3.67. The van der Waals surface area contributed by atoms with E-state index in [0.29, 0.717) is 23.7 Å². The SMILES string of the molecule is OC(CN1CCc2c([nH]c3ccc(Cl)cc23)C1)c1ccc(C(F)(F)F)cc1. The molecule has 27 heavy (non-hydrogen) atoms. The molecule has 0 fully saturated rings. The van der Waals surface area contributed by atoms with E-state index in [1.807, 2.05) is 18.2 Å². The average molecular weight is 395 g/mol. The van der Waals surface area contributed by atoms with Crippen LogP contribution in [0, 0.1) is 0 Å². The van der Waals surface area contributed by atoms with Crippen molar-refractivity contribution in [3.8, 4) is 0 Å². The first kappa shape index (κ1) is 18.3. The summed E-state index contributed by atoms with van der Waals surface area (Å²) in [5, 5.41) is 12.3. The van der Waals surface area contributed by atoms with E-state index in [-0.39, 0.29) is 0 Å². The summed E-state index contributed by atoms with van der Waals surface area (Å²) >= 11 is 6.09. The molecule has 0 bridgehead atoms. The summed E-state index contributed by atoms with van der Waals surface area (Å²) in [5.41, 5.74) is 3.15. The minimum absolute atomic E-state index is 0.362. The Morgan fingerprint density at radius 1 is 1.15 bits per heavy atom. The molecule has 3 aromatic rings. The fraction of sp³-hybridized carbons (Fsp3) is 0.300. The van der Waals surface area contributed by atoms with Crippen LogP contribution in [-0.2, 0) is 19.1 Å². The Balaban J connectivity index is 1.47. The number of rotatable bonds is 3. The summed E-state index contributed by atoms with van der Waals surface area (Å²) < 4.78 is 38.0. The van der Waals surface area contributed by atoms with Gasteiger partial charge in [-0.25, -0.2) is 0 Å². The van der Waals surface area contributed by atoms with Crippen molar-refractivity contribution in [3.63, 3.8) is 0 Å². The van der Waals surface area contributed by atoms with E-state index < -0.39 is 17.8 Å². The second-order valence-electron chi connectivity index (χ2n) is 6.89. The third kappa shape index (κ3) is 3.70. The van der Waals surface area contributed by atoms with E-state index in [9.17, 15) is 18.3 Å². The summed E-state index contributed by atoms with van der Waals surface area (Å²) in [4.78, 5) is 5.50. The Labute approximate surface area is 159 Å². The molecule has 0 radical (unpaired) electrons. The first-order chi connectivity index (χ1) is 12.8. The number of β-amino-alcohol motifs (C(OH)–C–C–N with tert-alkyl or cyclic N) is 1. The molecule has 2 N–H and O–H groups in total. The number of alkyl halides is 3. The number of aromatic amines is 1. The molecule has 1 aliphatic heterocycles. The number of benzene rings is 2. The number of fused-ring (bicyclic) bond motifs is 3. The number of nitrogens with zero attached hydrogens (tertiary/aromatic N) is 1. The zero-order chi connectivity index (χ0) is 19.2. The van der Waals surface area contributed by atoms with Crippen molar-refractivity contribution in [1.29, 1.82) is 0 Å². The maximum Gasteiger partial charge on any atom is 0.416 e. The molecule has 142 valence electrons. The van der Waals surface area contributed by atoms with Gasteiger partial charge < -0.3 is 10.1 Å². The quantitative estimate of drug-likeness (QED) is 0.661. The van der Waals surface area contributed by atoms with E-state index in [2.05, 4.69) is 9.88 Å². The summed E-state index contributed by atoms with van der Waals surface area (Å²) in [5.74, 6) is 0. The van der Waals surface area contributed by atoms with E-state index in [0.717, 1.165) is 41.7 Å². The molecule has 1 atom stereocenters. The van der Waals surface area contributed by atoms with Crippen LogP contribution in [-0.4, -0.2) is 28.1 Å². The van der Waals surface area contributed by atoms with Gasteiger partial charge in [-0.3, -0.25) is 4.90 Å². The first-order valence-corrected chi connectivity index (χ1v) is 9.05. The van der Waals surface area contributed by atoms with Gasteiger partial charge in [0, 0.05) is 41.3 Å². The molecule has 0 aliphatic carbocycles. The van der Waals surface area contributed by atoms with Crippen molar-refractivity contribution >= 4 is 22.5 Å². The average Bonchev–Trinajstić information content (AvgIpc) is 2.98. The van der Waals surface area contributed by atoms with Crippen molar-refractivity contribution < 1.29 is 18.3 Å². The van der Waals surface area contributed by atoms with E-state index in [1.54, 1.807) is 0 Å². The number of hydrogen-bond donors (Lipinski definition) is 2. The lowest BCUT2D eigenvalue weighted by Crippen LogP contribution is -2.33. The van der Waals surface area contributed by atoms with Crippen LogP contribution < -0.4 is 0 Å². The van der Waals surface area contributed by atoms with E-state index in [4.69, 9.17) is 11.6 Å². The van der Waals surface area contributed by atoms with Gasteiger partial charge in [0.05, 0.1) is 11.7 Å². The Hall–Kier alpha value is -2.02. The highest BCUT2D eigenvalue weighted by Crippen LogP contribution is 2.32. The van der Waals surface area contributed by atoms with Crippen molar-refractivity contribution in [2.45, 2.75) is 25.2 Å². The third-order valence-electron chi connectivity index (χ3n) is 5.07. The summed E-state index contributed by atoms with van der Waals surface area (Å²) in [6, 6.07) is 10.5. The molecular formula is C20H18ClF3N2O. The van der Waals surface area contributed by atoms with Crippen LogP contribution >= 0.6 is 11.6 Å².